The Balaban J connectivity index is 2.37. The van der Waals surface area contributed by atoms with Gasteiger partial charge in [-0.2, -0.15) is 0 Å². The lowest BCUT2D eigenvalue weighted by atomic mass is 10.2. The maximum atomic E-state index is 5.67. The second kappa shape index (κ2) is 7.41. The first-order valence-corrected chi connectivity index (χ1v) is 7.96. The SMILES string of the molecule is CCCOc1cccc(-c2nc(C)c(Br)c(NCC)n2)c1. The molecule has 1 N–H and O–H groups in total. The number of anilines is 1. The summed E-state index contributed by atoms with van der Waals surface area (Å²) >= 11 is 3.52. The van der Waals surface area contributed by atoms with E-state index in [9.17, 15) is 0 Å². The van der Waals surface area contributed by atoms with Gasteiger partial charge in [0.2, 0.25) is 0 Å². The predicted molar refractivity (Wildman–Crippen MR) is 89.9 cm³/mol. The molecule has 1 heterocycles. The number of nitrogens with one attached hydrogen (secondary N) is 1. The summed E-state index contributed by atoms with van der Waals surface area (Å²) in [6.45, 7) is 7.63. The van der Waals surface area contributed by atoms with E-state index in [1.807, 2.05) is 38.1 Å². The monoisotopic (exact) mass is 349 g/mol. The highest BCUT2D eigenvalue weighted by Gasteiger charge is 2.11. The summed E-state index contributed by atoms with van der Waals surface area (Å²) in [5.74, 6) is 2.37. The highest BCUT2D eigenvalue weighted by molar-refractivity contribution is 9.10. The van der Waals surface area contributed by atoms with Crippen molar-refractivity contribution in [2.75, 3.05) is 18.5 Å². The Morgan fingerprint density at radius 3 is 2.76 bits per heavy atom. The van der Waals surface area contributed by atoms with Gasteiger partial charge in [0.15, 0.2) is 5.82 Å². The molecule has 0 saturated heterocycles. The summed E-state index contributed by atoms with van der Waals surface area (Å²) < 4.78 is 6.58. The second-order valence-corrected chi connectivity index (χ2v) is 5.49. The van der Waals surface area contributed by atoms with Crippen LogP contribution in [-0.2, 0) is 0 Å². The molecule has 0 aliphatic carbocycles. The number of rotatable bonds is 6. The molecule has 0 fully saturated rings. The molecule has 2 rings (SSSR count). The van der Waals surface area contributed by atoms with Gasteiger partial charge in [-0.25, -0.2) is 9.97 Å². The maximum Gasteiger partial charge on any atom is 0.161 e. The molecule has 0 amide bonds. The number of nitrogens with zero attached hydrogens (tertiary/aromatic N) is 2. The lowest BCUT2D eigenvalue weighted by Gasteiger charge is -2.11. The third-order valence-electron chi connectivity index (χ3n) is 2.93. The van der Waals surface area contributed by atoms with E-state index in [1.165, 1.54) is 0 Å². The van der Waals surface area contributed by atoms with Crippen LogP contribution in [0.25, 0.3) is 11.4 Å². The van der Waals surface area contributed by atoms with Gasteiger partial charge in [-0.05, 0) is 48.3 Å². The molecule has 21 heavy (non-hydrogen) atoms. The molecule has 0 unspecified atom stereocenters. The van der Waals surface area contributed by atoms with Gasteiger partial charge in [0, 0.05) is 12.1 Å². The van der Waals surface area contributed by atoms with Gasteiger partial charge < -0.3 is 10.1 Å². The molecule has 0 saturated carbocycles. The zero-order chi connectivity index (χ0) is 15.2. The molecular formula is C16H20BrN3O. The van der Waals surface area contributed by atoms with E-state index < -0.39 is 0 Å². The molecule has 112 valence electrons. The van der Waals surface area contributed by atoms with Crippen molar-refractivity contribution in [1.82, 2.24) is 9.97 Å². The summed E-state index contributed by atoms with van der Waals surface area (Å²) in [4.78, 5) is 9.14. The van der Waals surface area contributed by atoms with Crippen molar-refractivity contribution in [2.45, 2.75) is 27.2 Å². The van der Waals surface area contributed by atoms with Crippen LogP contribution in [0, 0.1) is 6.92 Å². The molecule has 1 aromatic heterocycles. The van der Waals surface area contributed by atoms with Crippen LogP contribution in [0.2, 0.25) is 0 Å². The zero-order valence-corrected chi connectivity index (χ0v) is 14.2. The fraction of sp³-hybridized carbons (Fsp3) is 0.375. The Hall–Kier alpha value is -1.62. The smallest absolute Gasteiger partial charge is 0.161 e. The average Bonchev–Trinajstić information content (AvgIpc) is 2.50. The van der Waals surface area contributed by atoms with Crippen LogP contribution in [-0.4, -0.2) is 23.1 Å². The number of benzene rings is 1. The van der Waals surface area contributed by atoms with Gasteiger partial charge in [-0.3, -0.25) is 0 Å². The summed E-state index contributed by atoms with van der Waals surface area (Å²) in [6.07, 6.45) is 0.989. The molecule has 1 aromatic carbocycles. The quantitative estimate of drug-likeness (QED) is 0.837. The fourth-order valence-electron chi connectivity index (χ4n) is 1.92. The van der Waals surface area contributed by atoms with Crippen molar-refractivity contribution in [1.29, 1.82) is 0 Å². The van der Waals surface area contributed by atoms with E-state index in [1.54, 1.807) is 0 Å². The van der Waals surface area contributed by atoms with E-state index in [0.717, 1.165) is 40.3 Å². The lowest BCUT2D eigenvalue weighted by molar-refractivity contribution is 0.317. The van der Waals surface area contributed by atoms with E-state index >= 15 is 0 Å². The summed E-state index contributed by atoms with van der Waals surface area (Å²) in [6, 6.07) is 7.90. The van der Waals surface area contributed by atoms with Crippen molar-refractivity contribution in [3.8, 4) is 17.1 Å². The summed E-state index contributed by atoms with van der Waals surface area (Å²) in [5.41, 5.74) is 1.87. The molecule has 0 bridgehead atoms. The first-order valence-electron chi connectivity index (χ1n) is 7.17. The van der Waals surface area contributed by atoms with E-state index in [4.69, 9.17) is 4.74 Å². The third-order valence-corrected chi connectivity index (χ3v) is 3.88. The predicted octanol–water partition coefficient (Wildman–Crippen LogP) is 4.44. The van der Waals surface area contributed by atoms with E-state index in [-0.39, 0.29) is 0 Å². The van der Waals surface area contributed by atoms with Crippen LogP contribution < -0.4 is 10.1 Å². The standard InChI is InChI=1S/C16H20BrN3O/c1-4-9-21-13-8-6-7-12(10-13)15-19-11(3)14(17)16(20-15)18-5-2/h6-8,10H,4-5,9H2,1-3H3,(H,18,19,20). The highest BCUT2D eigenvalue weighted by Crippen LogP contribution is 2.28. The Morgan fingerprint density at radius 2 is 2.05 bits per heavy atom. The minimum absolute atomic E-state index is 0.702. The van der Waals surface area contributed by atoms with Crippen LogP contribution in [0.3, 0.4) is 0 Å². The third kappa shape index (κ3) is 3.94. The summed E-state index contributed by atoms with van der Waals surface area (Å²) in [7, 11) is 0. The van der Waals surface area contributed by atoms with Gasteiger partial charge in [0.05, 0.1) is 16.8 Å². The van der Waals surface area contributed by atoms with E-state index in [2.05, 4.69) is 38.1 Å². The van der Waals surface area contributed by atoms with Crippen molar-refractivity contribution < 1.29 is 4.74 Å². The van der Waals surface area contributed by atoms with E-state index in [0.29, 0.717) is 12.4 Å². The Bertz CT molecular complexity index is 616. The molecule has 0 aliphatic rings. The maximum absolute atomic E-state index is 5.67. The van der Waals surface area contributed by atoms with Crippen molar-refractivity contribution in [3.63, 3.8) is 0 Å². The average molecular weight is 350 g/mol. The Morgan fingerprint density at radius 1 is 1.24 bits per heavy atom. The lowest BCUT2D eigenvalue weighted by Crippen LogP contribution is -2.04. The molecule has 0 aliphatic heterocycles. The minimum Gasteiger partial charge on any atom is -0.494 e. The number of halogens is 1. The molecule has 0 spiro atoms. The van der Waals surface area contributed by atoms with Gasteiger partial charge in [0.1, 0.15) is 11.6 Å². The largest absolute Gasteiger partial charge is 0.494 e. The molecule has 4 nitrogen and oxygen atoms in total. The molecule has 2 aromatic rings. The first-order chi connectivity index (χ1) is 10.2. The van der Waals surface area contributed by atoms with Gasteiger partial charge in [-0.1, -0.05) is 19.1 Å². The number of hydrogen-bond donors (Lipinski definition) is 1. The van der Waals surface area contributed by atoms with Crippen LogP contribution in [0.15, 0.2) is 28.7 Å². The Kier molecular flexibility index (Phi) is 5.56. The molecule has 0 atom stereocenters. The highest BCUT2D eigenvalue weighted by atomic mass is 79.9. The zero-order valence-electron chi connectivity index (χ0n) is 12.6. The summed E-state index contributed by atoms with van der Waals surface area (Å²) in [5, 5.41) is 3.25. The number of aryl methyl sites for hydroxylation is 1. The second-order valence-electron chi connectivity index (χ2n) is 4.70. The first kappa shape index (κ1) is 15.8. The minimum atomic E-state index is 0.702. The fourth-order valence-corrected chi connectivity index (χ4v) is 2.24. The van der Waals surface area contributed by atoms with Gasteiger partial charge >= 0.3 is 0 Å². The van der Waals surface area contributed by atoms with Crippen LogP contribution >= 0.6 is 15.9 Å². The molecular weight excluding hydrogens is 330 g/mol. The van der Waals surface area contributed by atoms with Crippen LogP contribution in [0.5, 0.6) is 5.75 Å². The number of aromatic nitrogens is 2. The van der Waals surface area contributed by atoms with Crippen LogP contribution in [0.4, 0.5) is 5.82 Å². The van der Waals surface area contributed by atoms with Gasteiger partial charge in [-0.15, -0.1) is 0 Å². The van der Waals surface area contributed by atoms with Crippen LogP contribution in [0.1, 0.15) is 26.0 Å². The van der Waals surface area contributed by atoms with Crippen molar-refractivity contribution in [2.24, 2.45) is 0 Å². The topological polar surface area (TPSA) is 47.0 Å². The number of ether oxygens (including phenoxy) is 1. The molecule has 0 radical (unpaired) electrons. The molecule has 5 heteroatoms. The number of hydrogen-bond acceptors (Lipinski definition) is 4. The van der Waals surface area contributed by atoms with Crippen molar-refractivity contribution in [3.05, 3.63) is 34.4 Å². The normalized spacial score (nSPS) is 10.5. The Labute approximate surface area is 134 Å². The van der Waals surface area contributed by atoms with Gasteiger partial charge in [0.25, 0.3) is 0 Å². The van der Waals surface area contributed by atoms with Crippen molar-refractivity contribution >= 4 is 21.7 Å².